The highest BCUT2D eigenvalue weighted by Crippen LogP contribution is 2.30. The number of rotatable bonds is 7. The molecule has 5 rings (SSSR count). The SMILES string of the molecule is CN1CCC(Oc2ccn3c(-c4ccc(C(N)=O)c(OCc5ccccc5)c4)cnc3c2)CC1. The summed E-state index contributed by atoms with van der Waals surface area (Å²) < 4.78 is 14.2. The Labute approximate surface area is 198 Å². The molecule has 1 fully saturated rings. The van der Waals surface area contributed by atoms with Gasteiger partial charge >= 0.3 is 0 Å². The third kappa shape index (κ3) is 4.75. The van der Waals surface area contributed by atoms with Gasteiger partial charge in [0.15, 0.2) is 0 Å². The number of piperidine rings is 1. The van der Waals surface area contributed by atoms with Crippen molar-refractivity contribution in [1.82, 2.24) is 14.3 Å². The van der Waals surface area contributed by atoms with Crippen LogP contribution < -0.4 is 15.2 Å². The Bertz CT molecular complexity index is 1290. The van der Waals surface area contributed by atoms with Gasteiger partial charge in [-0.15, -0.1) is 0 Å². The van der Waals surface area contributed by atoms with E-state index in [4.69, 9.17) is 15.2 Å². The molecule has 34 heavy (non-hydrogen) atoms. The number of hydrogen-bond acceptors (Lipinski definition) is 5. The van der Waals surface area contributed by atoms with E-state index in [1.54, 1.807) is 6.07 Å². The number of hydrogen-bond donors (Lipinski definition) is 1. The van der Waals surface area contributed by atoms with Crippen molar-refractivity contribution in [2.75, 3.05) is 20.1 Å². The second-order valence-corrected chi connectivity index (χ2v) is 8.70. The van der Waals surface area contributed by atoms with Crippen LogP contribution in [0.5, 0.6) is 11.5 Å². The van der Waals surface area contributed by atoms with Gasteiger partial charge in [-0.2, -0.15) is 0 Å². The Balaban J connectivity index is 1.39. The second-order valence-electron chi connectivity index (χ2n) is 8.70. The van der Waals surface area contributed by atoms with Crippen LogP contribution in [0.3, 0.4) is 0 Å². The van der Waals surface area contributed by atoms with Gasteiger partial charge in [-0.3, -0.25) is 9.20 Å². The zero-order valence-corrected chi connectivity index (χ0v) is 19.2. The van der Waals surface area contributed by atoms with Crippen LogP contribution >= 0.6 is 0 Å². The van der Waals surface area contributed by atoms with Gasteiger partial charge in [0, 0.05) is 30.9 Å². The zero-order valence-electron chi connectivity index (χ0n) is 19.2. The average Bonchev–Trinajstić information content (AvgIpc) is 3.28. The van der Waals surface area contributed by atoms with Gasteiger partial charge in [0.25, 0.3) is 5.91 Å². The number of imidazole rings is 1. The summed E-state index contributed by atoms with van der Waals surface area (Å²) in [6, 6.07) is 19.2. The molecule has 1 aliphatic rings. The third-order valence-electron chi connectivity index (χ3n) is 6.23. The Kier molecular flexibility index (Phi) is 6.18. The van der Waals surface area contributed by atoms with Gasteiger partial charge < -0.3 is 20.1 Å². The first kappa shape index (κ1) is 22.0. The maximum atomic E-state index is 12.0. The van der Waals surface area contributed by atoms with Crippen LogP contribution in [0.1, 0.15) is 28.8 Å². The van der Waals surface area contributed by atoms with Gasteiger partial charge in [0.1, 0.15) is 29.9 Å². The summed E-state index contributed by atoms with van der Waals surface area (Å²) in [7, 11) is 2.14. The molecule has 1 aliphatic heterocycles. The van der Waals surface area contributed by atoms with Gasteiger partial charge in [0.2, 0.25) is 0 Å². The summed E-state index contributed by atoms with van der Waals surface area (Å²) in [5.74, 6) is 0.754. The van der Waals surface area contributed by atoms with E-state index >= 15 is 0 Å². The largest absolute Gasteiger partial charge is 0.490 e. The van der Waals surface area contributed by atoms with Crippen molar-refractivity contribution < 1.29 is 14.3 Å². The van der Waals surface area contributed by atoms with Gasteiger partial charge in [-0.25, -0.2) is 4.98 Å². The summed E-state index contributed by atoms with van der Waals surface area (Å²) in [6.07, 6.45) is 6.07. The first-order chi connectivity index (χ1) is 16.6. The maximum Gasteiger partial charge on any atom is 0.252 e. The molecule has 0 saturated carbocycles. The van der Waals surface area contributed by atoms with E-state index in [1.807, 2.05) is 71.4 Å². The number of carbonyl (C=O) groups excluding carboxylic acids is 1. The molecule has 7 heteroatoms. The Morgan fingerprint density at radius 3 is 2.65 bits per heavy atom. The minimum atomic E-state index is -0.525. The maximum absolute atomic E-state index is 12.0. The molecule has 1 amide bonds. The van der Waals surface area contributed by atoms with E-state index < -0.39 is 5.91 Å². The fourth-order valence-electron chi connectivity index (χ4n) is 4.28. The molecule has 4 aromatic rings. The lowest BCUT2D eigenvalue weighted by Gasteiger charge is -2.29. The smallest absolute Gasteiger partial charge is 0.252 e. The number of aromatic nitrogens is 2. The first-order valence-corrected chi connectivity index (χ1v) is 11.5. The predicted octanol–water partition coefficient (Wildman–Crippen LogP) is 4.15. The van der Waals surface area contributed by atoms with Gasteiger partial charge in [0.05, 0.1) is 17.5 Å². The molecule has 0 atom stereocenters. The monoisotopic (exact) mass is 456 g/mol. The number of fused-ring (bicyclic) bond motifs is 1. The van der Waals surface area contributed by atoms with E-state index in [9.17, 15) is 4.79 Å². The summed E-state index contributed by atoms with van der Waals surface area (Å²) in [5.41, 5.74) is 9.52. The molecule has 0 aliphatic carbocycles. The standard InChI is InChI=1S/C27H28N4O3/c1-30-12-9-21(10-13-30)34-22-11-14-31-24(17-29-26(31)16-22)20-7-8-23(27(28)32)25(15-20)33-18-19-5-3-2-4-6-19/h2-8,11,14-17,21H,9-10,12-13,18H2,1H3,(H2,28,32). The fraction of sp³-hybridized carbons (Fsp3) is 0.259. The van der Waals surface area contributed by atoms with Crippen molar-refractivity contribution in [2.24, 2.45) is 5.73 Å². The van der Waals surface area contributed by atoms with Crippen LogP contribution in [0.2, 0.25) is 0 Å². The average molecular weight is 457 g/mol. The molecular formula is C27H28N4O3. The molecule has 2 aromatic carbocycles. The third-order valence-corrected chi connectivity index (χ3v) is 6.23. The van der Waals surface area contributed by atoms with Crippen molar-refractivity contribution in [1.29, 1.82) is 0 Å². The van der Waals surface area contributed by atoms with Crippen molar-refractivity contribution in [3.8, 4) is 22.8 Å². The summed E-state index contributed by atoms with van der Waals surface area (Å²) >= 11 is 0. The van der Waals surface area contributed by atoms with Crippen molar-refractivity contribution in [3.63, 3.8) is 0 Å². The van der Waals surface area contributed by atoms with E-state index in [0.29, 0.717) is 17.9 Å². The number of likely N-dealkylation sites (tertiary alicyclic amines) is 1. The minimum absolute atomic E-state index is 0.235. The van der Waals surface area contributed by atoms with E-state index in [2.05, 4.69) is 16.9 Å². The van der Waals surface area contributed by atoms with Crippen LogP contribution in [0.15, 0.2) is 73.1 Å². The lowest BCUT2D eigenvalue weighted by Crippen LogP contribution is -2.35. The number of nitrogens with zero attached hydrogens (tertiary/aromatic N) is 3. The normalized spacial score (nSPS) is 14.9. The highest BCUT2D eigenvalue weighted by atomic mass is 16.5. The molecular weight excluding hydrogens is 428 g/mol. The van der Waals surface area contributed by atoms with Crippen LogP contribution in [0.25, 0.3) is 16.9 Å². The Morgan fingerprint density at radius 2 is 1.88 bits per heavy atom. The van der Waals surface area contributed by atoms with Crippen LogP contribution in [0, 0.1) is 0 Å². The van der Waals surface area contributed by atoms with Gasteiger partial charge in [-0.1, -0.05) is 36.4 Å². The molecule has 2 N–H and O–H groups in total. The summed E-state index contributed by atoms with van der Waals surface area (Å²) in [6.45, 7) is 2.45. The topological polar surface area (TPSA) is 82.1 Å². The van der Waals surface area contributed by atoms with E-state index in [1.165, 1.54) is 0 Å². The molecule has 1 saturated heterocycles. The molecule has 2 aromatic heterocycles. The minimum Gasteiger partial charge on any atom is -0.490 e. The van der Waals surface area contributed by atoms with E-state index in [-0.39, 0.29) is 6.10 Å². The number of amides is 1. The number of benzene rings is 2. The van der Waals surface area contributed by atoms with Crippen LogP contribution in [0.4, 0.5) is 0 Å². The summed E-state index contributed by atoms with van der Waals surface area (Å²) in [5, 5.41) is 0. The van der Waals surface area contributed by atoms with Crippen LogP contribution in [-0.4, -0.2) is 46.4 Å². The molecule has 174 valence electrons. The molecule has 0 spiro atoms. The highest BCUT2D eigenvalue weighted by molar-refractivity contribution is 5.96. The Hall–Kier alpha value is -3.84. The number of primary amides is 1. The zero-order chi connectivity index (χ0) is 23.5. The Morgan fingerprint density at radius 1 is 1.09 bits per heavy atom. The summed E-state index contributed by atoms with van der Waals surface area (Å²) in [4.78, 5) is 18.9. The van der Waals surface area contributed by atoms with E-state index in [0.717, 1.165) is 54.1 Å². The van der Waals surface area contributed by atoms with Crippen molar-refractivity contribution in [2.45, 2.75) is 25.6 Å². The molecule has 0 radical (unpaired) electrons. The molecule has 0 bridgehead atoms. The molecule has 3 heterocycles. The number of ether oxygens (including phenoxy) is 2. The first-order valence-electron chi connectivity index (χ1n) is 11.5. The number of carbonyl (C=O) groups is 1. The quantitative estimate of drug-likeness (QED) is 0.452. The number of pyridine rings is 1. The second kappa shape index (κ2) is 9.57. The fourth-order valence-corrected chi connectivity index (χ4v) is 4.28. The molecule has 0 unspecified atom stereocenters. The lowest BCUT2D eigenvalue weighted by molar-refractivity contribution is 0.0996. The van der Waals surface area contributed by atoms with Crippen molar-refractivity contribution >= 4 is 11.6 Å². The lowest BCUT2D eigenvalue weighted by atomic mass is 10.1. The van der Waals surface area contributed by atoms with Crippen molar-refractivity contribution in [3.05, 3.63) is 84.2 Å². The van der Waals surface area contributed by atoms with Crippen LogP contribution in [-0.2, 0) is 6.61 Å². The highest BCUT2D eigenvalue weighted by Gasteiger charge is 2.19. The number of nitrogens with two attached hydrogens (primary N) is 1. The molecule has 7 nitrogen and oxygen atoms in total. The van der Waals surface area contributed by atoms with Gasteiger partial charge in [-0.05, 0) is 43.7 Å². The predicted molar refractivity (Wildman–Crippen MR) is 131 cm³/mol.